The molecule has 2 aromatic rings. The molecule has 7 heteroatoms. The number of thiazole rings is 1. The number of carbonyl (C=O) groups is 1. The highest BCUT2D eigenvalue weighted by molar-refractivity contribution is 7.15. The van der Waals surface area contributed by atoms with Crippen LogP contribution in [0.5, 0.6) is 5.75 Å². The van der Waals surface area contributed by atoms with Gasteiger partial charge in [0, 0.05) is 43.2 Å². The molecule has 0 N–H and O–H groups in total. The average molecular weight is 402 g/mol. The molecule has 0 saturated carbocycles. The number of hydrogen-bond donors (Lipinski definition) is 0. The molecule has 4 rings (SSSR count). The molecule has 1 atom stereocenters. The number of Topliss-reactive ketones (excluding diaryl/α,β-unsaturated/α-hetero) is 1. The molecular weight excluding hydrogens is 374 g/mol. The second kappa shape index (κ2) is 9.03. The predicted octanol–water partition coefficient (Wildman–Crippen LogP) is 3.08. The molecule has 3 heterocycles. The van der Waals surface area contributed by atoms with E-state index in [9.17, 15) is 4.79 Å². The van der Waals surface area contributed by atoms with Crippen LogP contribution in [-0.4, -0.2) is 62.2 Å². The minimum atomic E-state index is 0.0247. The molecular formula is C21H27N3O3S. The van der Waals surface area contributed by atoms with Gasteiger partial charge in [0.05, 0.1) is 25.9 Å². The van der Waals surface area contributed by atoms with Gasteiger partial charge in [-0.3, -0.25) is 9.69 Å². The highest BCUT2D eigenvalue weighted by atomic mass is 32.1. The highest BCUT2D eigenvalue weighted by Gasteiger charge is 2.28. The number of likely N-dealkylation sites (tertiary alicyclic amines) is 1. The fourth-order valence-electron chi connectivity index (χ4n) is 3.97. The Hall–Kier alpha value is -1.96. The summed E-state index contributed by atoms with van der Waals surface area (Å²) in [4.78, 5) is 23.6. The summed E-state index contributed by atoms with van der Waals surface area (Å²) in [5.41, 5.74) is 0.698. The van der Waals surface area contributed by atoms with Gasteiger partial charge in [-0.25, -0.2) is 4.98 Å². The van der Waals surface area contributed by atoms with Crippen LogP contribution in [0.1, 0.15) is 28.1 Å². The lowest BCUT2D eigenvalue weighted by Gasteiger charge is -2.31. The third-order valence-corrected chi connectivity index (χ3v) is 6.49. The Morgan fingerprint density at radius 1 is 1.29 bits per heavy atom. The largest absolute Gasteiger partial charge is 0.496 e. The quantitative estimate of drug-likeness (QED) is 0.694. The van der Waals surface area contributed by atoms with Crippen molar-refractivity contribution in [1.29, 1.82) is 0 Å². The SMILES string of the molecule is COc1ccccc1C(=O)C1CCCN(Cc2cnc(N3CCOCC3)s2)C1. The first-order chi connectivity index (χ1) is 13.7. The lowest BCUT2D eigenvalue weighted by Crippen LogP contribution is -2.38. The molecule has 2 saturated heterocycles. The molecule has 2 aliphatic heterocycles. The summed E-state index contributed by atoms with van der Waals surface area (Å²) < 4.78 is 10.8. The summed E-state index contributed by atoms with van der Waals surface area (Å²) in [6.07, 6.45) is 3.97. The summed E-state index contributed by atoms with van der Waals surface area (Å²) >= 11 is 1.76. The van der Waals surface area contributed by atoms with E-state index in [2.05, 4.69) is 14.8 Å². The Balaban J connectivity index is 1.39. The van der Waals surface area contributed by atoms with E-state index in [1.165, 1.54) is 4.88 Å². The van der Waals surface area contributed by atoms with Crippen molar-refractivity contribution in [2.75, 3.05) is 51.4 Å². The number of hydrogen-bond acceptors (Lipinski definition) is 7. The summed E-state index contributed by atoms with van der Waals surface area (Å²) in [6, 6.07) is 7.54. The fraction of sp³-hybridized carbons (Fsp3) is 0.524. The number of ketones is 1. The van der Waals surface area contributed by atoms with Gasteiger partial charge in [-0.2, -0.15) is 0 Å². The number of nitrogens with zero attached hydrogens (tertiary/aromatic N) is 3. The van der Waals surface area contributed by atoms with Gasteiger partial charge in [0.2, 0.25) is 0 Å². The summed E-state index contributed by atoms with van der Waals surface area (Å²) in [5.74, 6) is 0.888. The smallest absolute Gasteiger partial charge is 0.185 e. The highest BCUT2D eigenvalue weighted by Crippen LogP contribution is 2.29. The van der Waals surface area contributed by atoms with Crippen molar-refractivity contribution in [1.82, 2.24) is 9.88 Å². The number of anilines is 1. The van der Waals surface area contributed by atoms with E-state index in [1.807, 2.05) is 30.5 Å². The monoisotopic (exact) mass is 401 g/mol. The van der Waals surface area contributed by atoms with Gasteiger partial charge in [0.15, 0.2) is 10.9 Å². The lowest BCUT2D eigenvalue weighted by molar-refractivity contribution is 0.0809. The number of ether oxygens (including phenoxy) is 2. The standard InChI is InChI=1S/C21H27N3O3S/c1-26-19-7-3-2-6-18(19)20(25)16-5-4-8-23(14-16)15-17-13-22-21(28-17)24-9-11-27-12-10-24/h2-3,6-7,13,16H,4-5,8-12,14-15H2,1H3. The van der Waals surface area contributed by atoms with Crippen molar-refractivity contribution in [2.45, 2.75) is 19.4 Å². The summed E-state index contributed by atoms with van der Waals surface area (Å²) in [5, 5.41) is 1.08. The van der Waals surface area contributed by atoms with Crippen LogP contribution in [0.3, 0.4) is 0 Å². The number of benzene rings is 1. The van der Waals surface area contributed by atoms with Crippen molar-refractivity contribution in [3.8, 4) is 5.75 Å². The first kappa shape index (κ1) is 19.4. The lowest BCUT2D eigenvalue weighted by atomic mass is 9.89. The number of para-hydroxylation sites is 1. The minimum Gasteiger partial charge on any atom is -0.496 e. The maximum Gasteiger partial charge on any atom is 0.185 e. The molecule has 0 bridgehead atoms. The Morgan fingerprint density at radius 2 is 2.11 bits per heavy atom. The summed E-state index contributed by atoms with van der Waals surface area (Å²) in [7, 11) is 1.62. The molecule has 0 amide bonds. The molecule has 0 radical (unpaired) electrons. The zero-order valence-electron chi connectivity index (χ0n) is 16.3. The zero-order valence-corrected chi connectivity index (χ0v) is 17.1. The average Bonchev–Trinajstić information content (AvgIpc) is 3.22. The van der Waals surface area contributed by atoms with Crippen LogP contribution >= 0.6 is 11.3 Å². The number of morpholine rings is 1. The number of aromatic nitrogens is 1. The van der Waals surface area contributed by atoms with Gasteiger partial charge >= 0.3 is 0 Å². The van der Waals surface area contributed by atoms with Gasteiger partial charge in [-0.05, 0) is 31.5 Å². The normalized spacial score (nSPS) is 20.9. The zero-order chi connectivity index (χ0) is 19.3. The molecule has 1 aromatic carbocycles. The van der Waals surface area contributed by atoms with E-state index in [1.54, 1.807) is 18.4 Å². The first-order valence-electron chi connectivity index (χ1n) is 9.91. The van der Waals surface area contributed by atoms with Gasteiger partial charge in [0.1, 0.15) is 5.75 Å². The maximum atomic E-state index is 13.1. The van der Waals surface area contributed by atoms with E-state index < -0.39 is 0 Å². The van der Waals surface area contributed by atoms with E-state index >= 15 is 0 Å². The molecule has 2 fully saturated rings. The van der Waals surface area contributed by atoms with Crippen molar-refractivity contribution >= 4 is 22.3 Å². The number of piperidine rings is 1. The molecule has 1 unspecified atom stereocenters. The third kappa shape index (κ3) is 4.37. The van der Waals surface area contributed by atoms with Crippen LogP contribution in [0.2, 0.25) is 0 Å². The van der Waals surface area contributed by atoms with Crippen LogP contribution in [0.25, 0.3) is 0 Å². The Labute approximate surface area is 170 Å². The third-order valence-electron chi connectivity index (χ3n) is 5.45. The molecule has 0 spiro atoms. The Kier molecular flexibility index (Phi) is 6.24. The molecule has 150 valence electrons. The predicted molar refractivity (Wildman–Crippen MR) is 110 cm³/mol. The Bertz CT molecular complexity index is 804. The van der Waals surface area contributed by atoms with Crippen LogP contribution in [0, 0.1) is 5.92 Å². The van der Waals surface area contributed by atoms with Gasteiger partial charge < -0.3 is 14.4 Å². The van der Waals surface area contributed by atoms with Crippen LogP contribution in [0.15, 0.2) is 30.5 Å². The van der Waals surface area contributed by atoms with Crippen molar-refractivity contribution in [3.63, 3.8) is 0 Å². The van der Waals surface area contributed by atoms with Gasteiger partial charge in [-0.1, -0.05) is 12.1 Å². The summed E-state index contributed by atoms with van der Waals surface area (Å²) in [6.45, 7) is 6.04. The topological polar surface area (TPSA) is 54.9 Å². The van der Waals surface area contributed by atoms with E-state index in [0.29, 0.717) is 11.3 Å². The molecule has 28 heavy (non-hydrogen) atoms. The minimum absolute atomic E-state index is 0.0247. The van der Waals surface area contributed by atoms with Gasteiger partial charge in [-0.15, -0.1) is 11.3 Å². The number of rotatable bonds is 6. The molecule has 1 aromatic heterocycles. The van der Waals surface area contributed by atoms with Crippen molar-refractivity contribution in [3.05, 3.63) is 40.9 Å². The number of carbonyl (C=O) groups excluding carboxylic acids is 1. The van der Waals surface area contributed by atoms with E-state index in [-0.39, 0.29) is 11.7 Å². The molecule has 2 aliphatic rings. The van der Waals surface area contributed by atoms with Crippen molar-refractivity contribution in [2.24, 2.45) is 5.92 Å². The fourth-order valence-corrected chi connectivity index (χ4v) is 4.98. The van der Waals surface area contributed by atoms with Gasteiger partial charge in [0.25, 0.3) is 0 Å². The first-order valence-corrected chi connectivity index (χ1v) is 10.7. The van der Waals surface area contributed by atoms with Crippen LogP contribution < -0.4 is 9.64 Å². The van der Waals surface area contributed by atoms with Crippen molar-refractivity contribution < 1.29 is 14.3 Å². The maximum absolute atomic E-state index is 13.1. The second-order valence-corrected chi connectivity index (χ2v) is 8.44. The Morgan fingerprint density at radius 3 is 2.93 bits per heavy atom. The second-order valence-electron chi connectivity index (χ2n) is 7.35. The molecule has 0 aliphatic carbocycles. The number of methoxy groups -OCH3 is 1. The van der Waals surface area contributed by atoms with Crippen LogP contribution in [0.4, 0.5) is 5.13 Å². The van der Waals surface area contributed by atoms with E-state index in [4.69, 9.17) is 9.47 Å². The van der Waals surface area contributed by atoms with E-state index in [0.717, 1.165) is 63.9 Å². The molecule has 6 nitrogen and oxygen atoms in total. The van der Waals surface area contributed by atoms with Crippen LogP contribution in [-0.2, 0) is 11.3 Å².